The molecule has 0 bridgehead atoms. The summed E-state index contributed by atoms with van der Waals surface area (Å²) in [5.41, 5.74) is 0.913. The van der Waals surface area contributed by atoms with Crippen LogP contribution in [0.3, 0.4) is 0 Å². The number of rotatable bonds is 10. The maximum absolute atomic E-state index is 13.2. The molecule has 2 atom stereocenters. The van der Waals surface area contributed by atoms with Gasteiger partial charge < -0.3 is 13.9 Å². The van der Waals surface area contributed by atoms with Gasteiger partial charge in [-0.25, -0.2) is 9.59 Å². The molecular weight excluding hydrogens is 473 g/mol. The summed E-state index contributed by atoms with van der Waals surface area (Å²) in [6.07, 6.45) is -0.898. The Balaban J connectivity index is 1.99. The van der Waals surface area contributed by atoms with Gasteiger partial charge in [0.05, 0.1) is 5.56 Å². The van der Waals surface area contributed by atoms with Gasteiger partial charge in [-0.15, -0.1) is 13.2 Å². The molecule has 3 rings (SSSR count). The van der Waals surface area contributed by atoms with E-state index in [0.29, 0.717) is 17.4 Å². The highest BCUT2D eigenvalue weighted by Crippen LogP contribution is 2.35. The predicted octanol–water partition coefficient (Wildman–Crippen LogP) is 7.31. The molecule has 2 aromatic carbocycles. The molecule has 0 aliphatic rings. The van der Waals surface area contributed by atoms with Crippen molar-refractivity contribution in [2.75, 3.05) is 0 Å². The van der Waals surface area contributed by atoms with Crippen molar-refractivity contribution in [2.45, 2.75) is 64.8 Å². The van der Waals surface area contributed by atoms with E-state index in [0.717, 1.165) is 30.9 Å². The fourth-order valence-electron chi connectivity index (χ4n) is 3.94. The summed E-state index contributed by atoms with van der Waals surface area (Å²) in [6, 6.07) is 11.2. The summed E-state index contributed by atoms with van der Waals surface area (Å²) in [4.78, 5) is 24.4. The molecule has 8 heteroatoms. The quantitative estimate of drug-likeness (QED) is 0.126. The summed E-state index contributed by atoms with van der Waals surface area (Å²) in [5, 5.41) is 0.529. The van der Waals surface area contributed by atoms with Gasteiger partial charge in [-0.2, -0.15) is 0 Å². The van der Waals surface area contributed by atoms with Crippen LogP contribution in [0.25, 0.3) is 22.1 Å². The lowest BCUT2D eigenvalue weighted by Gasteiger charge is -2.20. The Morgan fingerprint density at radius 2 is 1.83 bits per heavy atom. The third kappa shape index (κ3) is 6.77. The van der Waals surface area contributed by atoms with Gasteiger partial charge in [-0.3, -0.25) is 0 Å². The smallest absolute Gasteiger partial charge is 0.459 e. The first-order valence-electron chi connectivity index (χ1n) is 11.8. The maximum Gasteiger partial charge on any atom is 0.573 e. The van der Waals surface area contributed by atoms with Crippen LogP contribution in [-0.4, -0.2) is 18.4 Å². The first-order valence-corrected chi connectivity index (χ1v) is 11.8. The van der Waals surface area contributed by atoms with Crippen LogP contribution in [0.15, 0.2) is 64.3 Å². The van der Waals surface area contributed by atoms with Crippen molar-refractivity contribution in [1.82, 2.24) is 0 Å². The Labute approximate surface area is 207 Å². The Bertz CT molecular complexity index is 1290. The number of ether oxygens (including phenoxy) is 2. The van der Waals surface area contributed by atoms with Gasteiger partial charge in [-0.1, -0.05) is 57.5 Å². The maximum atomic E-state index is 13.2. The van der Waals surface area contributed by atoms with Crippen LogP contribution in [0, 0.1) is 0 Å². The molecule has 2 unspecified atom stereocenters. The molecule has 0 saturated carbocycles. The van der Waals surface area contributed by atoms with Crippen LogP contribution >= 0.6 is 0 Å². The number of unbranched alkanes of at least 4 members (excludes halogenated alkanes) is 2. The Hall–Kier alpha value is -3.55. The van der Waals surface area contributed by atoms with Crippen molar-refractivity contribution < 1.29 is 31.9 Å². The summed E-state index contributed by atoms with van der Waals surface area (Å²) >= 11 is 0. The molecule has 5 nitrogen and oxygen atoms in total. The third-order valence-corrected chi connectivity index (χ3v) is 6.09. The lowest BCUT2D eigenvalue weighted by atomic mass is 9.94. The first kappa shape index (κ1) is 27.0. The number of hydrogen-bond acceptors (Lipinski definition) is 5. The summed E-state index contributed by atoms with van der Waals surface area (Å²) in [6.45, 7) is 9.02. The van der Waals surface area contributed by atoms with Crippen LogP contribution in [-0.2, 0) is 16.0 Å². The Morgan fingerprint density at radius 3 is 2.50 bits per heavy atom. The van der Waals surface area contributed by atoms with Crippen molar-refractivity contribution in [1.29, 1.82) is 0 Å². The van der Waals surface area contributed by atoms with Crippen LogP contribution in [0.5, 0.6) is 5.75 Å². The monoisotopic (exact) mass is 502 g/mol. The fraction of sp³-hybridized carbons (Fsp3) is 0.357. The SMILES string of the molecule is C=CC(=O)OC(C)C(C)c1ccc2cc(-c3ccc(CCCCC)cc3OC(F)(F)F)c(=O)oc2c1. The van der Waals surface area contributed by atoms with Crippen LogP contribution in [0.2, 0.25) is 0 Å². The molecule has 36 heavy (non-hydrogen) atoms. The van der Waals surface area contributed by atoms with Crippen molar-refractivity contribution >= 4 is 16.9 Å². The number of carbonyl (C=O) groups excluding carboxylic acids is 1. The van der Waals surface area contributed by atoms with Gasteiger partial charge in [0.2, 0.25) is 0 Å². The van der Waals surface area contributed by atoms with Gasteiger partial charge in [0, 0.05) is 22.9 Å². The third-order valence-electron chi connectivity index (χ3n) is 6.09. The second-order valence-corrected chi connectivity index (χ2v) is 8.72. The van der Waals surface area contributed by atoms with E-state index in [9.17, 15) is 22.8 Å². The molecule has 1 aromatic heterocycles. The molecule has 0 amide bonds. The molecule has 3 aromatic rings. The predicted molar refractivity (Wildman–Crippen MR) is 132 cm³/mol. The zero-order valence-corrected chi connectivity index (χ0v) is 20.5. The molecule has 0 spiro atoms. The number of halogens is 3. The molecular formula is C28H29F3O5. The number of esters is 1. The van der Waals surface area contributed by atoms with Gasteiger partial charge in [0.15, 0.2) is 0 Å². The standard InChI is InChI=1S/C28H29F3O5/c1-5-7-8-9-19-10-13-22(25(14-19)36-28(29,30)31)23-15-21-12-11-20(16-24(21)35-27(23)33)17(3)18(4)34-26(32)6-2/h6,10-18H,2,5,7-9H2,1,3-4H3. The normalized spacial score (nSPS) is 13.3. The second kappa shape index (κ2) is 11.5. The molecule has 0 aliphatic carbocycles. The Kier molecular flexibility index (Phi) is 8.61. The molecule has 0 aliphatic heterocycles. The minimum Gasteiger partial charge on any atom is -0.459 e. The zero-order valence-electron chi connectivity index (χ0n) is 20.5. The van der Waals surface area contributed by atoms with Crippen LogP contribution in [0.1, 0.15) is 57.1 Å². The van der Waals surface area contributed by atoms with E-state index >= 15 is 0 Å². The lowest BCUT2D eigenvalue weighted by Crippen LogP contribution is -2.19. The van der Waals surface area contributed by atoms with E-state index in [-0.39, 0.29) is 22.6 Å². The van der Waals surface area contributed by atoms with E-state index in [1.165, 1.54) is 18.2 Å². The average Bonchev–Trinajstić information content (AvgIpc) is 2.82. The molecule has 192 valence electrons. The number of alkyl halides is 3. The lowest BCUT2D eigenvalue weighted by molar-refractivity contribution is -0.274. The molecule has 0 radical (unpaired) electrons. The summed E-state index contributed by atoms with van der Waals surface area (Å²) < 4.78 is 54.5. The van der Waals surface area contributed by atoms with E-state index in [4.69, 9.17) is 9.15 Å². The average molecular weight is 503 g/mol. The number of aryl methyl sites for hydroxylation is 1. The highest BCUT2D eigenvalue weighted by molar-refractivity contribution is 5.84. The second-order valence-electron chi connectivity index (χ2n) is 8.72. The summed E-state index contributed by atoms with van der Waals surface area (Å²) in [7, 11) is 0. The number of benzene rings is 2. The van der Waals surface area contributed by atoms with Gasteiger partial charge in [0.25, 0.3) is 0 Å². The molecule has 0 saturated heterocycles. The van der Waals surface area contributed by atoms with Crippen LogP contribution in [0.4, 0.5) is 13.2 Å². The van der Waals surface area contributed by atoms with Crippen molar-refractivity contribution in [2.24, 2.45) is 0 Å². The zero-order chi connectivity index (χ0) is 26.5. The summed E-state index contributed by atoms with van der Waals surface area (Å²) in [5.74, 6) is -1.19. The van der Waals surface area contributed by atoms with E-state index in [1.807, 2.05) is 13.8 Å². The van der Waals surface area contributed by atoms with E-state index < -0.39 is 29.8 Å². The first-order chi connectivity index (χ1) is 17.0. The molecule has 1 heterocycles. The highest BCUT2D eigenvalue weighted by Gasteiger charge is 2.33. The highest BCUT2D eigenvalue weighted by atomic mass is 19.4. The largest absolute Gasteiger partial charge is 0.573 e. The van der Waals surface area contributed by atoms with Gasteiger partial charge in [-0.05, 0) is 49.1 Å². The van der Waals surface area contributed by atoms with Crippen molar-refractivity contribution in [3.63, 3.8) is 0 Å². The molecule has 0 fully saturated rings. The van der Waals surface area contributed by atoms with Crippen molar-refractivity contribution in [3.8, 4) is 16.9 Å². The fourth-order valence-corrected chi connectivity index (χ4v) is 3.94. The van der Waals surface area contributed by atoms with E-state index in [1.54, 1.807) is 31.2 Å². The van der Waals surface area contributed by atoms with E-state index in [2.05, 4.69) is 11.3 Å². The minimum atomic E-state index is -4.91. The minimum absolute atomic E-state index is 0.00428. The Morgan fingerprint density at radius 1 is 1.08 bits per heavy atom. The van der Waals surface area contributed by atoms with Gasteiger partial charge >= 0.3 is 18.0 Å². The molecule has 0 N–H and O–H groups in total. The topological polar surface area (TPSA) is 65.7 Å². The number of carbonyl (C=O) groups is 1. The van der Waals surface area contributed by atoms with Crippen LogP contribution < -0.4 is 10.4 Å². The number of fused-ring (bicyclic) bond motifs is 1. The number of hydrogen-bond donors (Lipinski definition) is 0. The van der Waals surface area contributed by atoms with Crippen molar-refractivity contribution in [3.05, 3.63) is 76.7 Å². The van der Waals surface area contributed by atoms with Gasteiger partial charge in [0.1, 0.15) is 17.4 Å².